The Morgan fingerprint density at radius 3 is 2.58 bits per heavy atom. The van der Waals surface area contributed by atoms with Gasteiger partial charge in [0, 0.05) is 36.5 Å². The summed E-state index contributed by atoms with van der Waals surface area (Å²) in [6.45, 7) is 4.14. The number of benzene rings is 1. The third-order valence-electron chi connectivity index (χ3n) is 3.14. The lowest BCUT2D eigenvalue weighted by Gasteiger charge is -2.30. The Morgan fingerprint density at radius 2 is 2.05 bits per heavy atom. The monoisotopic (exact) mass is 284 g/mol. The lowest BCUT2D eigenvalue weighted by molar-refractivity contribution is -0.384. The van der Waals surface area contributed by atoms with Crippen molar-refractivity contribution in [2.75, 3.05) is 31.2 Å². The third kappa shape index (κ3) is 2.85. The molecule has 102 valence electrons. The Morgan fingerprint density at radius 1 is 1.42 bits per heavy atom. The first kappa shape index (κ1) is 13.8. The molecule has 0 unspecified atom stereocenters. The quantitative estimate of drug-likeness (QED) is 0.483. The number of rotatable bonds is 3. The number of morpholine rings is 1. The van der Waals surface area contributed by atoms with E-state index >= 15 is 0 Å². The molecule has 1 aromatic rings. The zero-order chi connectivity index (χ0) is 14.0. The maximum Gasteiger partial charge on any atom is 0.272 e. The van der Waals surface area contributed by atoms with Crippen molar-refractivity contribution >= 4 is 28.2 Å². The van der Waals surface area contributed by atoms with Gasteiger partial charge in [0.05, 0.1) is 18.1 Å². The van der Waals surface area contributed by atoms with Gasteiger partial charge in [-0.2, -0.15) is 0 Å². The molecule has 0 bridgehead atoms. The van der Waals surface area contributed by atoms with Crippen molar-refractivity contribution in [2.24, 2.45) is 0 Å². The molecular formula is C12H13ClN2O4. The van der Waals surface area contributed by atoms with Gasteiger partial charge in [-0.1, -0.05) is 0 Å². The summed E-state index contributed by atoms with van der Waals surface area (Å²) in [5, 5.41) is 10.2. The van der Waals surface area contributed by atoms with E-state index in [-0.39, 0.29) is 11.3 Å². The molecule has 0 amide bonds. The van der Waals surface area contributed by atoms with Crippen molar-refractivity contribution in [3.05, 3.63) is 33.4 Å². The topological polar surface area (TPSA) is 72.7 Å². The number of nitro groups is 1. The number of nitro benzene ring substituents is 1. The highest BCUT2D eigenvalue weighted by molar-refractivity contribution is 6.68. The van der Waals surface area contributed by atoms with Crippen LogP contribution in [0.5, 0.6) is 0 Å². The van der Waals surface area contributed by atoms with Crippen LogP contribution < -0.4 is 4.90 Å². The predicted octanol–water partition coefficient (Wildman–Crippen LogP) is 2.12. The van der Waals surface area contributed by atoms with Crippen molar-refractivity contribution in [2.45, 2.75) is 6.92 Å². The van der Waals surface area contributed by atoms with Crippen molar-refractivity contribution in [3.8, 4) is 0 Å². The van der Waals surface area contributed by atoms with E-state index in [9.17, 15) is 14.9 Å². The van der Waals surface area contributed by atoms with Gasteiger partial charge in [-0.05, 0) is 24.1 Å². The summed E-state index contributed by atoms with van der Waals surface area (Å²) < 4.78 is 5.25. The lowest BCUT2D eigenvalue weighted by Crippen LogP contribution is -2.36. The molecule has 1 aliphatic rings. The highest BCUT2D eigenvalue weighted by atomic mass is 35.5. The predicted molar refractivity (Wildman–Crippen MR) is 71.0 cm³/mol. The number of non-ortho nitro benzene ring substituents is 1. The van der Waals surface area contributed by atoms with E-state index in [1.807, 2.05) is 4.90 Å². The molecular weight excluding hydrogens is 272 g/mol. The molecule has 0 aliphatic carbocycles. The Bertz CT molecular complexity index is 527. The summed E-state index contributed by atoms with van der Waals surface area (Å²) >= 11 is 5.49. The SMILES string of the molecule is Cc1c(C(=O)Cl)cc([N+](=O)[O-])cc1N1CCOCC1. The van der Waals surface area contributed by atoms with Gasteiger partial charge in [0.2, 0.25) is 0 Å². The molecule has 0 saturated carbocycles. The fourth-order valence-electron chi connectivity index (χ4n) is 2.13. The molecule has 0 radical (unpaired) electrons. The third-order valence-corrected chi connectivity index (χ3v) is 3.34. The van der Waals surface area contributed by atoms with Crippen LogP contribution >= 0.6 is 11.6 Å². The van der Waals surface area contributed by atoms with Gasteiger partial charge in [0.1, 0.15) is 0 Å². The minimum Gasteiger partial charge on any atom is -0.378 e. The van der Waals surface area contributed by atoms with Crippen LogP contribution in [0.25, 0.3) is 0 Å². The maximum atomic E-state index is 11.4. The molecule has 6 nitrogen and oxygen atoms in total. The number of ether oxygens (including phenoxy) is 1. The largest absolute Gasteiger partial charge is 0.378 e. The minimum atomic E-state index is -0.685. The van der Waals surface area contributed by atoms with Gasteiger partial charge in [-0.15, -0.1) is 0 Å². The van der Waals surface area contributed by atoms with Crippen molar-refractivity contribution in [3.63, 3.8) is 0 Å². The Balaban J connectivity index is 2.51. The molecule has 19 heavy (non-hydrogen) atoms. The normalized spacial score (nSPS) is 15.4. The van der Waals surface area contributed by atoms with E-state index in [1.54, 1.807) is 6.92 Å². The van der Waals surface area contributed by atoms with E-state index in [2.05, 4.69) is 0 Å². The van der Waals surface area contributed by atoms with E-state index in [4.69, 9.17) is 16.3 Å². The van der Waals surface area contributed by atoms with E-state index in [1.165, 1.54) is 12.1 Å². The first-order chi connectivity index (χ1) is 9.00. The van der Waals surface area contributed by atoms with Gasteiger partial charge >= 0.3 is 0 Å². The average molecular weight is 285 g/mol. The summed E-state index contributed by atoms with van der Waals surface area (Å²) in [6, 6.07) is 2.69. The first-order valence-electron chi connectivity index (χ1n) is 5.82. The Hall–Kier alpha value is -1.66. The second kappa shape index (κ2) is 5.54. The summed E-state index contributed by atoms with van der Waals surface area (Å²) in [6.07, 6.45) is 0. The summed E-state index contributed by atoms with van der Waals surface area (Å²) in [5.74, 6) is 0. The number of nitrogens with zero attached hydrogens (tertiary/aromatic N) is 2. The Labute approximate surface area is 115 Å². The Kier molecular flexibility index (Phi) is 4.01. The number of carbonyl (C=O) groups excluding carboxylic acids is 1. The van der Waals surface area contributed by atoms with E-state index in [0.717, 1.165) is 0 Å². The van der Waals surface area contributed by atoms with Crippen LogP contribution in [0.1, 0.15) is 15.9 Å². The molecule has 1 heterocycles. The van der Waals surface area contributed by atoms with Crippen LogP contribution in [0.15, 0.2) is 12.1 Å². The van der Waals surface area contributed by atoms with Crippen molar-refractivity contribution in [1.82, 2.24) is 0 Å². The molecule has 2 rings (SSSR count). The molecule has 1 saturated heterocycles. The number of hydrogen-bond acceptors (Lipinski definition) is 5. The molecule has 1 fully saturated rings. The molecule has 1 aromatic carbocycles. The standard InChI is InChI=1S/C12H13ClN2O4/c1-8-10(12(13)16)6-9(15(17)18)7-11(8)14-2-4-19-5-3-14/h6-7H,2-5H2,1H3. The van der Waals surface area contributed by atoms with Gasteiger partial charge in [0.15, 0.2) is 0 Å². The average Bonchev–Trinajstić information content (AvgIpc) is 2.39. The fraction of sp³-hybridized carbons (Fsp3) is 0.417. The van der Waals surface area contributed by atoms with Crippen LogP contribution in [-0.4, -0.2) is 36.5 Å². The van der Waals surface area contributed by atoms with Crippen molar-refractivity contribution in [1.29, 1.82) is 0 Å². The second-order valence-electron chi connectivity index (χ2n) is 4.27. The zero-order valence-corrected chi connectivity index (χ0v) is 11.1. The van der Waals surface area contributed by atoms with E-state index < -0.39 is 10.2 Å². The van der Waals surface area contributed by atoms with Crippen LogP contribution in [0, 0.1) is 17.0 Å². The number of hydrogen-bond donors (Lipinski definition) is 0. The van der Waals surface area contributed by atoms with E-state index in [0.29, 0.717) is 37.6 Å². The van der Waals surface area contributed by atoms with Gasteiger partial charge in [-0.3, -0.25) is 14.9 Å². The highest BCUT2D eigenvalue weighted by Gasteiger charge is 2.22. The van der Waals surface area contributed by atoms with Crippen molar-refractivity contribution < 1.29 is 14.5 Å². The van der Waals surface area contributed by atoms with Crippen LogP contribution in [0.2, 0.25) is 0 Å². The van der Waals surface area contributed by atoms with Gasteiger partial charge in [0.25, 0.3) is 10.9 Å². The van der Waals surface area contributed by atoms with Gasteiger partial charge < -0.3 is 9.64 Å². The smallest absolute Gasteiger partial charge is 0.272 e. The maximum absolute atomic E-state index is 11.4. The number of anilines is 1. The van der Waals surface area contributed by atoms with Gasteiger partial charge in [-0.25, -0.2) is 0 Å². The molecule has 0 spiro atoms. The molecule has 0 atom stereocenters. The number of halogens is 1. The van der Waals surface area contributed by atoms with Crippen LogP contribution in [0.3, 0.4) is 0 Å². The zero-order valence-electron chi connectivity index (χ0n) is 10.4. The molecule has 7 heteroatoms. The highest BCUT2D eigenvalue weighted by Crippen LogP contribution is 2.30. The fourth-order valence-corrected chi connectivity index (χ4v) is 2.32. The first-order valence-corrected chi connectivity index (χ1v) is 6.20. The molecule has 0 N–H and O–H groups in total. The minimum absolute atomic E-state index is 0.129. The lowest BCUT2D eigenvalue weighted by atomic mass is 10.0. The summed E-state index contributed by atoms with van der Waals surface area (Å²) in [5.41, 5.74) is 1.38. The summed E-state index contributed by atoms with van der Waals surface area (Å²) in [7, 11) is 0. The molecule has 0 aromatic heterocycles. The number of carbonyl (C=O) groups is 1. The molecule has 1 aliphatic heterocycles. The second-order valence-corrected chi connectivity index (χ2v) is 4.61. The van der Waals surface area contributed by atoms with Crippen LogP contribution in [0.4, 0.5) is 11.4 Å². The van der Waals surface area contributed by atoms with Crippen LogP contribution in [-0.2, 0) is 4.74 Å². The summed E-state index contributed by atoms with van der Waals surface area (Å²) in [4.78, 5) is 23.8.